The van der Waals surface area contributed by atoms with E-state index in [1.165, 1.54) is 0 Å². The average Bonchev–Trinajstić information content (AvgIpc) is 2.32. The van der Waals surface area contributed by atoms with Crippen molar-refractivity contribution < 1.29 is 17.9 Å². The van der Waals surface area contributed by atoms with Gasteiger partial charge in [0.15, 0.2) is 0 Å². The highest BCUT2D eigenvalue weighted by Crippen LogP contribution is 2.29. The van der Waals surface area contributed by atoms with Gasteiger partial charge in [0, 0.05) is 18.7 Å². The van der Waals surface area contributed by atoms with Crippen LogP contribution in [0.15, 0.2) is 12.1 Å². The monoisotopic (exact) mass is 280 g/mol. The minimum Gasteiger partial charge on any atom is -0.472 e. The fourth-order valence-electron chi connectivity index (χ4n) is 1.93. The van der Waals surface area contributed by atoms with Crippen molar-refractivity contribution in [3.8, 4) is 5.88 Å². The third kappa shape index (κ3) is 3.49. The zero-order valence-electron chi connectivity index (χ0n) is 9.67. The summed E-state index contributed by atoms with van der Waals surface area (Å²) in [6, 6.07) is 3.32. The van der Waals surface area contributed by atoms with E-state index in [-0.39, 0.29) is 17.6 Å². The highest BCUT2D eigenvalue weighted by molar-refractivity contribution is 6.29. The second-order valence-electron chi connectivity index (χ2n) is 4.35. The average molecular weight is 281 g/mol. The Morgan fingerprint density at radius 1 is 1.50 bits per heavy atom. The first kappa shape index (κ1) is 13.4. The number of nitrogens with zero attached hydrogens (tertiary/aromatic N) is 2. The summed E-state index contributed by atoms with van der Waals surface area (Å²) in [6.07, 6.45) is -6.21. The summed E-state index contributed by atoms with van der Waals surface area (Å²) in [4.78, 5) is 5.71. The lowest BCUT2D eigenvalue weighted by Gasteiger charge is -2.20. The van der Waals surface area contributed by atoms with Crippen molar-refractivity contribution in [2.24, 2.45) is 0 Å². The fourth-order valence-corrected chi connectivity index (χ4v) is 2.07. The number of likely N-dealkylation sites (N-methyl/N-ethyl adjacent to an activating group) is 1. The molecule has 1 aliphatic rings. The highest BCUT2D eigenvalue weighted by atomic mass is 35.5. The molecule has 7 heteroatoms. The van der Waals surface area contributed by atoms with Crippen LogP contribution in [-0.2, 0) is 6.54 Å². The van der Waals surface area contributed by atoms with Gasteiger partial charge in [-0.05, 0) is 19.2 Å². The fraction of sp³-hybridized carbons (Fsp3) is 0.545. The van der Waals surface area contributed by atoms with E-state index in [0.29, 0.717) is 6.54 Å². The van der Waals surface area contributed by atoms with Gasteiger partial charge in [0.1, 0.15) is 11.3 Å². The lowest BCUT2D eigenvalue weighted by atomic mass is 10.2. The van der Waals surface area contributed by atoms with E-state index in [1.54, 1.807) is 24.1 Å². The van der Waals surface area contributed by atoms with Gasteiger partial charge in [-0.1, -0.05) is 11.6 Å². The first-order valence-electron chi connectivity index (χ1n) is 5.41. The first-order valence-corrected chi connectivity index (χ1v) is 5.78. The second-order valence-corrected chi connectivity index (χ2v) is 4.74. The number of fused-ring (bicyclic) bond motifs is 1. The Hall–Kier alpha value is -1.01. The zero-order chi connectivity index (χ0) is 13.3. The number of ether oxygens (including phenoxy) is 1. The van der Waals surface area contributed by atoms with E-state index in [1.807, 2.05) is 0 Å². The maximum Gasteiger partial charge on any atom is 0.392 e. The maximum atomic E-state index is 12.4. The van der Waals surface area contributed by atoms with E-state index in [2.05, 4.69) is 4.98 Å². The lowest BCUT2D eigenvalue weighted by molar-refractivity contribution is -0.151. The Labute approximate surface area is 108 Å². The van der Waals surface area contributed by atoms with Crippen LogP contribution in [0.4, 0.5) is 13.2 Å². The smallest absolute Gasteiger partial charge is 0.392 e. The van der Waals surface area contributed by atoms with Crippen molar-refractivity contribution in [1.29, 1.82) is 0 Å². The van der Waals surface area contributed by atoms with Crippen LogP contribution in [0.3, 0.4) is 0 Å². The molecule has 100 valence electrons. The zero-order valence-corrected chi connectivity index (χ0v) is 10.4. The van der Waals surface area contributed by atoms with Crippen molar-refractivity contribution in [3.63, 3.8) is 0 Å². The molecule has 1 aromatic rings. The van der Waals surface area contributed by atoms with Gasteiger partial charge in [0.2, 0.25) is 5.88 Å². The van der Waals surface area contributed by atoms with Crippen molar-refractivity contribution in [1.82, 2.24) is 9.88 Å². The standard InChI is InChI=1S/C11H12ClF3N2O/c1-17-5-7-2-3-9(12)16-10(7)18-8(6-17)4-11(13,14)15/h2-3,8H,4-6H2,1H3/t8-/m1/s1. The lowest BCUT2D eigenvalue weighted by Crippen LogP contribution is -2.34. The van der Waals surface area contributed by atoms with Gasteiger partial charge >= 0.3 is 6.18 Å². The van der Waals surface area contributed by atoms with Crippen LogP contribution in [0.25, 0.3) is 0 Å². The van der Waals surface area contributed by atoms with Crippen LogP contribution in [0.2, 0.25) is 5.15 Å². The van der Waals surface area contributed by atoms with Crippen LogP contribution >= 0.6 is 11.6 Å². The topological polar surface area (TPSA) is 25.4 Å². The molecule has 3 nitrogen and oxygen atoms in total. The quantitative estimate of drug-likeness (QED) is 0.740. The van der Waals surface area contributed by atoms with Crippen LogP contribution in [-0.4, -0.2) is 35.8 Å². The Morgan fingerprint density at radius 2 is 2.22 bits per heavy atom. The summed E-state index contributed by atoms with van der Waals surface area (Å²) in [5.74, 6) is 0.195. The van der Waals surface area contributed by atoms with Crippen LogP contribution in [0, 0.1) is 0 Å². The Kier molecular flexibility index (Phi) is 3.68. The highest BCUT2D eigenvalue weighted by Gasteiger charge is 2.35. The number of hydrogen-bond acceptors (Lipinski definition) is 3. The number of aromatic nitrogens is 1. The van der Waals surface area contributed by atoms with E-state index in [9.17, 15) is 13.2 Å². The predicted molar refractivity (Wildman–Crippen MR) is 60.7 cm³/mol. The van der Waals surface area contributed by atoms with Crippen molar-refractivity contribution >= 4 is 11.6 Å². The summed E-state index contributed by atoms with van der Waals surface area (Å²) in [6.45, 7) is 0.696. The molecule has 0 radical (unpaired) electrons. The SMILES string of the molecule is CN1Cc2ccc(Cl)nc2O[C@H](CC(F)(F)F)C1. The van der Waals surface area contributed by atoms with Crippen molar-refractivity contribution in [3.05, 3.63) is 22.8 Å². The Morgan fingerprint density at radius 3 is 2.89 bits per heavy atom. The molecule has 0 saturated heterocycles. The minimum absolute atomic E-state index is 0.195. The van der Waals surface area contributed by atoms with Gasteiger partial charge in [-0.15, -0.1) is 0 Å². The van der Waals surface area contributed by atoms with Crippen LogP contribution in [0.5, 0.6) is 5.88 Å². The van der Waals surface area contributed by atoms with Crippen molar-refractivity contribution in [2.45, 2.75) is 25.2 Å². The maximum absolute atomic E-state index is 12.4. The molecule has 2 rings (SSSR count). The van der Waals surface area contributed by atoms with Crippen LogP contribution in [0.1, 0.15) is 12.0 Å². The summed E-state index contributed by atoms with van der Waals surface area (Å²) >= 11 is 5.72. The third-order valence-corrected chi connectivity index (χ3v) is 2.81. The molecule has 0 bridgehead atoms. The van der Waals surface area contributed by atoms with Gasteiger partial charge < -0.3 is 4.74 Å². The normalized spacial score (nSPS) is 21.1. The third-order valence-electron chi connectivity index (χ3n) is 2.60. The molecular weight excluding hydrogens is 269 g/mol. The first-order chi connectivity index (χ1) is 8.33. The van der Waals surface area contributed by atoms with Gasteiger partial charge in [0.05, 0.1) is 6.42 Å². The number of halogens is 4. The summed E-state index contributed by atoms with van der Waals surface area (Å²) in [7, 11) is 1.75. The molecule has 0 unspecified atom stereocenters. The minimum atomic E-state index is -4.26. The second kappa shape index (κ2) is 4.93. The van der Waals surface area contributed by atoms with Gasteiger partial charge in [-0.25, -0.2) is 4.98 Å². The molecule has 0 N–H and O–H groups in total. The molecule has 0 amide bonds. The molecule has 1 aromatic heterocycles. The molecular formula is C11H12ClF3N2O. The Bertz CT molecular complexity index is 439. The number of rotatable bonds is 1. The largest absolute Gasteiger partial charge is 0.472 e. The molecule has 0 aromatic carbocycles. The number of hydrogen-bond donors (Lipinski definition) is 0. The molecule has 0 fully saturated rings. The molecule has 2 heterocycles. The van der Waals surface area contributed by atoms with E-state index < -0.39 is 18.7 Å². The van der Waals surface area contributed by atoms with Gasteiger partial charge in [-0.3, -0.25) is 4.90 Å². The van der Waals surface area contributed by atoms with E-state index in [4.69, 9.17) is 16.3 Å². The van der Waals surface area contributed by atoms with Gasteiger partial charge in [0.25, 0.3) is 0 Å². The number of alkyl halides is 3. The molecule has 1 atom stereocenters. The van der Waals surface area contributed by atoms with Crippen LogP contribution < -0.4 is 4.74 Å². The number of pyridine rings is 1. The molecule has 1 aliphatic heterocycles. The molecule has 0 saturated carbocycles. The van der Waals surface area contributed by atoms with E-state index in [0.717, 1.165) is 5.56 Å². The van der Waals surface area contributed by atoms with E-state index >= 15 is 0 Å². The summed E-state index contributed by atoms with van der Waals surface area (Å²) in [5, 5.41) is 0.212. The van der Waals surface area contributed by atoms with Gasteiger partial charge in [-0.2, -0.15) is 13.2 Å². The Balaban J connectivity index is 2.22. The molecule has 0 aliphatic carbocycles. The summed E-state index contributed by atoms with van der Waals surface area (Å²) < 4.78 is 42.6. The predicted octanol–water partition coefficient (Wildman–Crippen LogP) is 2.88. The van der Waals surface area contributed by atoms with Crippen molar-refractivity contribution in [2.75, 3.05) is 13.6 Å². The molecule has 18 heavy (non-hydrogen) atoms. The summed E-state index contributed by atoms with van der Waals surface area (Å²) in [5.41, 5.74) is 0.742. The molecule has 0 spiro atoms.